The summed E-state index contributed by atoms with van der Waals surface area (Å²) in [6, 6.07) is 0. The van der Waals surface area contributed by atoms with Gasteiger partial charge < -0.3 is 9.16 Å². The van der Waals surface area contributed by atoms with Gasteiger partial charge in [-0.1, -0.05) is 27.7 Å². The van der Waals surface area contributed by atoms with Crippen LogP contribution in [0.25, 0.3) is 0 Å². The molecule has 104 valence electrons. The van der Waals surface area contributed by atoms with Gasteiger partial charge >= 0.3 is 5.97 Å². The molecule has 18 heavy (non-hydrogen) atoms. The molecule has 0 aromatic carbocycles. The Morgan fingerprint density at radius 2 is 1.78 bits per heavy atom. The minimum atomic E-state index is -2.16. The van der Waals surface area contributed by atoms with Crippen LogP contribution in [0.3, 0.4) is 0 Å². The van der Waals surface area contributed by atoms with Crippen molar-refractivity contribution in [1.82, 2.24) is 0 Å². The predicted molar refractivity (Wildman–Crippen MR) is 73.9 cm³/mol. The van der Waals surface area contributed by atoms with Gasteiger partial charge in [0.15, 0.2) is 0 Å². The molecule has 2 aliphatic rings. The number of rotatable bonds is 3. The molecule has 0 amide bonds. The Kier molecular flexibility index (Phi) is 2.99. The topological polar surface area (TPSA) is 35.5 Å². The Morgan fingerprint density at radius 1 is 1.28 bits per heavy atom. The Morgan fingerprint density at radius 3 is 2.11 bits per heavy atom. The second kappa shape index (κ2) is 3.82. The maximum atomic E-state index is 12.4. The van der Waals surface area contributed by atoms with Crippen LogP contribution in [-0.2, 0) is 14.0 Å². The van der Waals surface area contributed by atoms with Crippen molar-refractivity contribution >= 4 is 14.3 Å². The van der Waals surface area contributed by atoms with E-state index in [-0.39, 0.29) is 16.6 Å². The lowest BCUT2D eigenvalue weighted by Gasteiger charge is -2.42. The second-order valence-electron chi connectivity index (χ2n) is 7.03. The molecule has 4 heteroatoms. The van der Waals surface area contributed by atoms with E-state index in [0.29, 0.717) is 17.0 Å². The van der Waals surface area contributed by atoms with Crippen molar-refractivity contribution in [3.8, 4) is 0 Å². The maximum absolute atomic E-state index is 12.4. The highest BCUT2D eigenvalue weighted by molar-refractivity contribution is 6.84. The fourth-order valence-corrected chi connectivity index (χ4v) is 11.5. The zero-order chi connectivity index (χ0) is 13.9. The van der Waals surface area contributed by atoms with Gasteiger partial charge in [0, 0.05) is 5.92 Å². The molecular weight excluding hydrogens is 244 g/mol. The van der Waals surface area contributed by atoms with Crippen LogP contribution >= 0.6 is 0 Å². The van der Waals surface area contributed by atoms with Gasteiger partial charge in [-0.05, 0) is 31.4 Å². The summed E-state index contributed by atoms with van der Waals surface area (Å²) in [6.45, 7) is 13.1. The van der Waals surface area contributed by atoms with Gasteiger partial charge in [-0.15, -0.1) is 0 Å². The van der Waals surface area contributed by atoms with Crippen molar-refractivity contribution in [3.63, 3.8) is 0 Å². The molecule has 1 heterocycles. The minimum Gasteiger partial charge on any atom is -0.469 e. The average Bonchev–Trinajstić information content (AvgIpc) is 2.97. The molecule has 2 rings (SSSR count). The zero-order valence-electron chi connectivity index (χ0n) is 12.7. The monoisotopic (exact) mass is 270 g/mol. The van der Waals surface area contributed by atoms with E-state index >= 15 is 0 Å². The molecule has 0 bridgehead atoms. The molecule has 2 unspecified atom stereocenters. The van der Waals surface area contributed by atoms with Crippen LogP contribution in [0, 0.1) is 5.92 Å². The summed E-state index contributed by atoms with van der Waals surface area (Å²) < 4.78 is 11.7. The van der Waals surface area contributed by atoms with E-state index in [1.165, 1.54) is 7.11 Å². The number of fused-ring (bicyclic) bond motifs is 1. The van der Waals surface area contributed by atoms with Gasteiger partial charge in [0.25, 0.3) is 0 Å². The molecular formula is C14H26O3Si. The maximum Gasteiger partial charge on any atom is 0.311 e. The van der Waals surface area contributed by atoms with Crippen LogP contribution < -0.4 is 0 Å². The first-order valence-corrected chi connectivity index (χ1v) is 9.01. The van der Waals surface area contributed by atoms with E-state index in [1.54, 1.807) is 0 Å². The minimum absolute atomic E-state index is 0.0212. The number of esters is 1. The van der Waals surface area contributed by atoms with Gasteiger partial charge in [0.05, 0.1) is 17.7 Å². The standard InChI is InChI=1S/C14H26O3Si/c1-9(2)18(10(3)4)14(12(15)16-7)8-11(14)13(5,6)17-18/h9-11H,8H2,1-7H3. The number of hydrogen-bond donors (Lipinski definition) is 0. The Labute approximate surface area is 111 Å². The van der Waals surface area contributed by atoms with E-state index in [4.69, 9.17) is 9.16 Å². The molecule has 2 atom stereocenters. The fraction of sp³-hybridized carbons (Fsp3) is 0.929. The van der Waals surface area contributed by atoms with Crippen molar-refractivity contribution < 1.29 is 14.0 Å². The molecule has 1 saturated heterocycles. The first kappa shape index (κ1) is 14.1. The van der Waals surface area contributed by atoms with Crippen molar-refractivity contribution in [2.75, 3.05) is 7.11 Å². The first-order valence-electron chi connectivity index (χ1n) is 6.95. The molecule has 1 aliphatic heterocycles. The van der Waals surface area contributed by atoms with Crippen molar-refractivity contribution in [3.05, 3.63) is 0 Å². The Bertz CT molecular complexity index is 367. The van der Waals surface area contributed by atoms with Crippen LogP contribution in [0.5, 0.6) is 0 Å². The third kappa shape index (κ3) is 1.36. The molecule has 3 nitrogen and oxygen atoms in total. The van der Waals surface area contributed by atoms with Crippen LogP contribution in [0.4, 0.5) is 0 Å². The number of ether oxygens (including phenoxy) is 1. The summed E-state index contributed by atoms with van der Waals surface area (Å²) in [4.78, 5) is 12.4. The quantitative estimate of drug-likeness (QED) is 0.581. The lowest BCUT2D eigenvalue weighted by molar-refractivity contribution is -0.142. The lowest BCUT2D eigenvalue weighted by atomic mass is 10.0. The van der Waals surface area contributed by atoms with Gasteiger partial charge in [-0.3, -0.25) is 4.79 Å². The summed E-state index contributed by atoms with van der Waals surface area (Å²) in [7, 11) is -0.649. The van der Waals surface area contributed by atoms with Crippen LogP contribution in [0.15, 0.2) is 0 Å². The van der Waals surface area contributed by atoms with E-state index in [9.17, 15) is 4.79 Å². The SMILES string of the molecule is COC(=O)C12CC1C(C)(C)O[Si]2(C(C)C)C(C)C. The highest BCUT2D eigenvalue weighted by Crippen LogP contribution is 2.80. The zero-order valence-corrected chi connectivity index (χ0v) is 13.7. The Balaban J connectivity index is 2.55. The Hall–Kier alpha value is -0.353. The van der Waals surface area contributed by atoms with Crippen LogP contribution in [0.2, 0.25) is 16.1 Å². The first-order chi connectivity index (χ1) is 8.16. The molecule has 1 saturated carbocycles. The van der Waals surface area contributed by atoms with Crippen LogP contribution in [0.1, 0.15) is 48.0 Å². The highest BCUT2D eigenvalue weighted by atomic mass is 28.4. The molecule has 1 aliphatic carbocycles. The molecule has 0 aromatic rings. The third-order valence-electron chi connectivity index (χ3n) is 5.19. The lowest BCUT2D eigenvalue weighted by Crippen LogP contribution is -2.52. The number of methoxy groups -OCH3 is 1. The van der Waals surface area contributed by atoms with Crippen LogP contribution in [-0.4, -0.2) is 27.0 Å². The molecule has 2 fully saturated rings. The second-order valence-corrected chi connectivity index (χ2v) is 12.0. The van der Waals surface area contributed by atoms with Gasteiger partial charge in [0.1, 0.15) is 0 Å². The summed E-state index contributed by atoms with van der Waals surface area (Å²) >= 11 is 0. The highest BCUT2D eigenvalue weighted by Gasteiger charge is 2.84. The number of hydrogen-bond acceptors (Lipinski definition) is 3. The van der Waals surface area contributed by atoms with Crippen molar-refractivity contribution in [2.45, 2.75) is 69.7 Å². The van der Waals surface area contributed by atoms with E-state index in [2.05, 4.69) is 41.5 Å². The van der Waals surface area contributed by atoms with Gasteiger partial charge in [-0.25, -0.2) is 0 Å². The van der Waals surface area contributed by atoms with E-state index < -0.39 is 8.32 Å². The molecule has 0 aromatic heterocycles. The predicted octanol–water partition coefficient (Wildman–Crippen LogP) is 3.49. The van der Waals surface area contributed by atoms with E-state index in [0.717, 1.165) is 6.42 Å². The third-order valence-corrected chi connectivity index (χ3v) is 11.6. The largest absolute Gasteiger partial charge is 0.469 e. The van der Waals surface area contributed by atoms with E-state index in [1.807, 2.05) is 0 Å². The van der Waals surface area contributed by atoms with Crippen molar-refractivity contribution in [2.24, 2.45) is 5.92 Å². The molecule has 0 radical (unpaired) electrons. The summed E-state index contributed by atoms with van der Waals surface area (Å²) in [5.41, 5.74) is 0.696. The normalized spacial score (nSPS) is 35.7. The summed E-state index contributed by atoms with van der Waals surface area (Å²) in [6.07, 6.45) is 0.968. The molecule has 0 spiro atoms. The van der Waals surface area contributed by atoms with Gasteiger partial charge in [0.2, 0.25) is 8.32 Å². The number of carbonyl (C=O) groups excluding carboxylic acids is 1. The van der Waals surface area contributed by atoms with Crippen molar-refractivity contribution in [1.29, 1.82) is 0 Å². The van der Waals surface area contributed by atoms with Gasteiger partial charge in [-0.2, -0.15) is 0 Å². The fourth-order valence-electron chi connectivity index (χ4n) is 4.63. The summed E-state index contributed by atoms with van der Waals surface area (Å²) in [5, 5.41) is -0.284. The molecule has 0 N–H and O–H groups in total. The average molecular weight is 270 g/mol. The summed E-state index contributed by atoms with van der Waals surface area (Å²) in [5.74, 6) is 0.334. The smallest absolute Gasteiger partial charge is 0.311 e. The number of carbonyl (C=O) groups is 1.